The lowest BCUT2D eigenvalue weighted by Gasteiger charge is -2.26. The van der Waals surface area contributed by atoms with Gasteiger partial charge in [-0.15, -0.1) is 0 Å². The molecule has 0 amide bonds. The van der Waals surface area contributed by atoms with Crippen LogP contribution < -0.4 is 5.73 Å². The van der Waals surface area contributed by atoms with Gasteiger partial charge in [-0.2, -0.15) is 0 Å². The van der Waals surface area contributed by atoms with Crippen molar-refractivity contribution in [2.24, 2.45) is 10.7 Å². The van der Waals surface area contributed by atoms with Crippen LogP contribution in [0, 0.1) is 0 Å². The van der Waals surface area contributed by atoms with E-state index < -0.39 is 0 Å². The van der Waals surface area contributed by atoms with E-state index in [2.05, 4.69) is 183 Å². The third-order valence-electron chi connectivity index (χ3n) is 13.0. The Labute approximate surface area is 368 Å². The van der Waals surface area contributed by atoms with Gasteiger partial charge in [0.2, 0.25) is 0 Å². The largest absolute Gasteiger partial charge is 0.383 e. The van der Waals surface area contributed by atoms with Crippen LogP contribution in [0.5, 0.6) is 0 Å². The standard InChI is InChI=1S/C60H45N3/c1-60(2)57-44-18-7-6-14-41(44)30-31-55(57)54-24-12-23-53(58(54)60)51-33-32-49(45-19-8-9-20-46(45)51)50-34-35-52(48-22-11-10-21-47(48)50)56(63-59(61)42-15-4-3-5-16-42)36-27-39-25-28-40(29-26-39)43-17-13-37-62-38-43/h3-26,28-38H,27H2,1-2H3,(H2,61,63)/b56-36-. The molecule has 3 heteroatoms. The molecule has 9 aromatic carbocycles. The molecule has 1 aliphatic carbocycles. The van der Waals surface area contributed by atoms with Gasteiger partial charge in [0.1, 0.15) is 5.84 Å². The molecule has 300 valence electrons. The van der Waals surface area contributed by atoms with Crippen molar-refractivity contribution in [3.05, 3.63) is 240 Å². The molecule has 0 bridgehead atoms. The van der Waals surface area contributed by atoms with Crippen molar-refractivity contribution in [3.8, 4) is 44.5 Å². The zero-order valence-electron chi connectivity index (χ0n) is 35.4. The molecule has 0 saturated heterocycles. The average molecular weight is 808 g/mol. The topological polar surface area (TPSA) is 51.3 Å². The summed E-state index contributed by atoms with van der Waals surface area (Å²) in [5.74, 6) is 0.482. The summed E-state index contributed by atoms with van der Waals surface area (Å²) in [6.07, 6.45) is 6.60. The summed E-state index contributed by atoms with van der Waals surface area (Å²) in [5, 5.41) is 7.37. The molecule has 10 aromatic rings. The smallest absolute Gasteiger partial charge is 0.131 e. The molecule has 0 fully saturated rings. The normalized spacial score (nSPS) is 13.4. The van der Waals surface area contributed by atoms with Crippen molar-refractivity contribution >= 4 is 43.9 Å². The number of allylic oxidation sites excluding steroid dienone is 1. The van der Waals surface area contributed by atoms with Crippen molar-refractivity contribution in [2.75, 3.05) is 0 Å². The highest BCUT2D eigenvalue weighted by atomic mass is 14.9. The second-order valence-corrected chi connectivity index (χ2v) is 17.1. The third-order valence-corrected chi connectivity index (χ3v) is 13.0. The Balaban J connectivity index is 1.02. The summed E-state index contributed by atoms with van der Waals surface area (Å²) in [4.78, 5) is 9.47. The first-order chi connectivity index (χ1) is 30.9. The van der Waals surface area contributed by atoms with Crippen molar-refractivity contribution in [1.82, 2.24) is 4.98 Å². The Bertz CT molecular complexity index is 3430. The van der Waals surface area contributed by atoms with Crippen LogP contribution in [0.1, 0.15) is 41.7 Å². The summed E-state index contributed by atoms with van der Waals surface area (Å²) in [6.45, 7) is 4.80. The predicted octanol–water partition coefficient (Wildman–Crippen LogP) is 14.8. The summed E-state index contributed by atoms with van der Waals surface area (Å²) in [5.41, 5.74) is 23.2. The highest BCUT2D eigenvalue weighted by Crippen LogP contribution is 2.55. The minimum Gasteiger partial charge on any atom is -0.383 e. The van der Waals surface area contributed by atoms with Crippen molar-refractivity contribution < 1.29 is 0 Å². The zero-order valence-corrected chi connectivity index (χ0v) is 35.4. The van der Waals surface area contributed by atoms with Crippen molar-refractivity contribution in [2.45, 2.75) is 25.7 Å². The minimum atomic E-state index is -0.186. The first-order valence-electron chi connectivity index (χ1n) is 21.7. The Kier molecular flexibility index (Phi) is 9.39. The van der Waals surface area contributed by atoms with E-state index in [4.69, 9.17) is 10.7 Å². The van der Waals surface area contributed by atoms with E-state index in [1.165, 1.54) is 71.6 Å². The molecule has 1 aliphatic rings. The highest BCUT2D eigenvalue weighted by molar-refractivity contribution is 6.13. The van der Waals surface area contributed by atoms with E-state index in [-0.39, 0.29) is 5.41 Å². The second-order valence-electron chi connectivity index (χ2n) is 17.1. The number of pyridine rings is 1. The van der Waals surface area contributed by atoms with Crippen LogP contribution >= 0.6 is 0 Å². The van der Waals surface area contributed by atoms with Crippen LogP contribution in [-0.4, -0.2) is 10.8 Å². The van der Waals surface area contributed by atoms with Gasteiger partial charge in [0.05, 0.1) is 5.70 Å². The molecule has 0 radical (unpaired) electrons. The molecule has 1 heterocycles. The van der Waals surface area contributed by atoms with Crippen LogP contribution in [0.2, 0.25) is 0 Å². The lowest BCUT2D eigenvalue weighted by molar-refractivity contribution is 0.668. The Morgan fingerprint density at radius 1 is 0.492 bits per heavy atom. The average Bonchev–Trinajstić information content (AvgIpc) is 3.59. The lowest BCUT2D eigenvalue weighted by Crippen LogP contribution is -2.17. The summed E-state index contributed by atoms with van der Waals surface area (Å²) in [6, 6.07) is 69.9. The number of rotatable bonds is 8. The Hall–Kier alpha value is -7.88. The molecule has 0 aliphatic heterocycles. The fourth-order valence-corrected chi connectivity index (χ4v) is 10.1. The highest BCUT2D eigenvalue weighted by Gasteiger charge is 2.39. The molecule has 63 heavy (non-hydrogen) atoms. The molecule has 0 atom stereocenters. The number of nitrogens with zero attached hydrogens (tertiary/aromatic N) is 2. The van der Waals surface area contributed by atoms with Gasteiger partial charge in [-0.25, -0.2) is 4.99 Å². The van der Waals surface area contributed by atoms with Crippen LogP contribution in [0.4, 0.5) is 0 Å². The second kappa shape index (κ2) is 15.5. The Morgan fingerprint density at radius 3 is 1.76 bits per heavy atom. The maximum absolute atomic E-state index is 6.78. The molecular formula is C60H45N3. The number of fused-ring (bicyclic) bond motifs is 7. The summed E-state index contributed by atoms with van der Waals surface area (Å²) >= 11 is 0. The third kappa shape index (κ3) is 6.61. The van der Waals surface area contributed by atoms with E-state index in [9.17, 15) is 0 Å². The molecule has 2 N–H and O–H groups in total. The van der Waals surface area contributed by atoms with Gasteiger partial charge in [-0.3, -0.25) is 4.98 Å². The van der Waals surface area contributed by atoms with Crippen LogP contribution in [0.3, 0.4) is 0 Å². The fraction of sp³-hybridized carbons (Fsp3) is 0.0667. The van der Waals surface area contributed by atoms with Crippen molar-refractivity contribution in [3.63, 3.8) is 0 Å². The van der Waals surface area contributed by atoms with E-state index in [0.717, 1.165) is 38.7 Å². The van der Waals surface area contributed by atoms with Gasteiger partial charge in [0, 0.05) is 28.9 Å². The molecule has 0 spiro atoms. The molecule has 3 nitrogen and oxygen atoms in total. The van der Waals surface area contributed by atoms with E-state index in [0.29, 0.717) is 12.3 Å². The van der Waals surface area contributed by atoms with E-state index in [1.54, 1.807) is 6.20 Å². The number of amidine groups is 1. The predicted molar refractivity (Wildman–Crippen MR) is 266 cm³/mol. The number of hydrogen-bond acceptors (Lipinski definition) is 2. The Morgan fingerprint density at radius 2 is 1.06 bits per heavy atom. The van der Waals surface area contributed by atoms with Gasteiger partial charge >= 0.3 is 0 Å². The number of nitrogens with two attached hydrogens (primary N) is 1. The van der Waals surface area contributed by atoms with Gasteiger partial charge < -0.3 is 5.73 Å². The number of aliphatic imine (C=N–C) groups is 1. The lowest BCUT2D eigenvalue weighted by atomic mass is 9.76. The number of aromatic nitrogens is 1. The summed E-state index contributed by atoms with van der Waals surface area (Å²) in [7, 11) is 0. The minimum absolute atomic E-state index is 0.186. The maximum Gasteiger partial charge on any atom is 0.131 e. The van der Waals surface area contributed by atoms with E-state index in [1.807, 2.05) is 42.6 Å². The molecule has 1 aromatic heterocycles. The van der Waals surface area contributed by atoms with E-state index >= 15 is 0 Å². The zero-order chi connectivity index (χ0) is 42.5. The SMILES string of the molecule is CC1(C)c2c(cccc2-c2ccc(-c3ccc(/C(=C/Cc4ccc(-c5cccnc5)cc4)N=C(N)c4ccccc4)c4ccccc34)c3ccccc23)-c2ccc3ccccc3c21. The molecular weight excluding hydrogens is 763 g/mol. The molecule has 11 rings (SSSR count). The van der Waals surface area contributed by atoms with Gasteiger partial charge in [0.15, 0.2) is 0 Å². The monoisotopic (exact) mass is 807 g/mol. The molecule has 0 saturated carbocycles. The van der Waals surface area contributed by atoms with Gasteiger partial charge in [-0.05, 0) is 106 Å². The first kappa shape index (κ1) is 38.1. The fourth-order valence-electron chi connectivity index (χ4n) is 10.1. The quantitative estimate of drug-likeness (QED) is 0.123. The number of hydrogen-bond donors (Lipinski definition) is 1. The molecule has 0 unspecified atom stereocenters. The summed E-state index contributed by atoms with van der Waals surface area (Å²) < 4.78 is 0. The van der Waals surface area contributed by atoms with Crippen LogP contribution in [-0.2, 0) is 11.8 Å². The first-order valence-corrected chi connectivity index (χ1v) is 21.7. The van der Waals surface area contributed by atoms with Gasteiger partial charge in [-0.1, -0.05) is 208 Å². The maximum atomic E-state index is 6.78. The van der Waals surface area contributed by atoms with Crippen molar-refractivity contribution in [1.29, 1.82) is 0 Å². The number of benzene rings is 9. The van der Waals surface area contributed by atoms with Crippen LogP contribution in [0.25, 0.3) is 82.5 Å². The van der Waals surface area contributed by atoms with Crippen LogP contribution in [0.15, 0.2) is 218 Å². The van der Waals surface area contributed by atoms with Gasteiger partial charge in [0.25, 0.3) is 0 Å².